The third-order valence-electron chi connectivity index (χ3n) is 5.53. The number of pyridine rings is 1. The topological polar surface area (TPSA) is 76.5 Å². The van der Waals surface area contributed by atoms with Crippen molar-refractivity contribution >= 4 is 15.7 Å². The molecule has 0 atom stereocenters. The minimum Gasteiger partial charge on any atom is -0.336 e. The molecule has 0 radical (unpaired) electrons. The van der Waals surface area contributed by atoms with E-state index in [1.807, 2.05) is 12.1 Å². The normalized spacial score (nSPS) is 18.3. The highest BCUT2D eigenvalue weighted by Crippen LogP contribution is 2.27. The van der Waals surface area contributed by atoms with Gasteiger partial charge in [-0.05, 0) is 55.0 Å². The van der Waals surface area contributed by atoms with Gasteiger partial charge < -0.3 is 4.90 Å². The first-order valence-electron chi connectivity index (χ1n) is 9.20. The highest BCUT2D eigenvalue weighted by Gasteiger charge is 2.29. The van der Waals surface area contributed by atoms with E-state index in [1.165, 1.54) is 16.0 Å². The van der Waals surface area contributed by atoms with Crippen molar-refractivity contribution in [2.24, 2.45) is 0 Å². The Balaban J connectivity index is 1.76. The summed E-state index contributed by atoms with van der Waals surface area (Å²) >= 11 is 0. The molecule has 1 fully saturated rings. The fourth-order valence-corrected chi connectivity index (χ4v) is 5.18. The van der Waals surface area contributed by atoms with Crippen LogP contribution in [0.4, 0.5) is 0 Å². The van der Waals surface area contributed by atoms with Gasteiger partial charge in [0.1, 0.15) is 5.56 Å². The largest absolute Gasteiger partial charge is 0.336 e. The zero-order valence-corrected chi connectivity index (χ0v) is 16.1. The van der Waals surface area contributed by atoms with Crippen LogP contribution in [0.2, 0.25) is 0 Å². The standard InChI is InChI=1S/C20H22N2O4S/c1-14-8-9-22(17-7-3-5-15-4-2-6-16(15)17)20(24)18(14)19(23)21-10-12-27(25,26)13-11-21/h3,5,7-9H,2,4,6,10-13H2,1H3. The number of carbonyl (C=O) groups is 1. The Kier molecular flexibility index (Phi) is 4.42. The molecule has 1 saturated heterocycles. The lowest BCUT2D eigenvalue weighted by Gasteiger charge is -2.27. The zero-order valence-electron chi connectivity index (χ0n) is 15.3. The summed E-state index contributed by atoms with van der Waals surface area (Å²) in [6.07, 6.45) is 4.74. The molecule has 2 aromatic rings. The average molecular weight is 386 g/mol. The third kappa shape index (κ3) is 3.20. The molecule has 1 aliphatic heterocycles. The van der Waals surface area contributed by atoms with Crippen molar-refractivity contribution < 1.29 is 13.2 Å². The molecule has 0 saturated carbocycles. The summed E-state index contributed by atoms with van der Waals surface area (Å²) in [4.78, 5) is 27.7. The van der Waals surface area contributed by atoms with Crippen LogP contribution in [-0.4, -0.2) is 48.4 Å². The number of aryl methyl sites for hydroxylation is 2. The molecular formula is C20H22N2O4S. The van der Waals surface area contributed by atoms with Crippen LogP contribution in [0, 0.1) is 6.92 Å². The van der Waals surface area contributed by atoms with Crippen LogP contribution in [0.5, 0.6) is 0 Å². The Bertz CT molecular complexity index is 1070. The molecule has 1 aromatic heterocycles. The summed E-state index contributed by atoms with van der Waals surface area (Å²) in [5.41, 5.74) is 3.67. The number of hydrogen-bond acceptors (Lipinski definition) is 4. The molecule has 0 spiro atoms. The number of sulfone groups is 1. The lowest BCUT2D eigenvalue weighted by Crippen LogP contribution is -2.45. The maximum Gasteiger partial charge on any atom is 0.268 e. The quantitative estimate of drug-likeness (QED) is 0.784. The summed E-state index contributed by atoms with van der Waals surface area (Å²) in [6.45, 7) is 2.01. The molecule has 4 rings (SSSR count). The number of fused-ring (bicyclic) bond motifs is 1. The van der Waals surface area contributed by atoms with E-state index in [-0.39, 0.29) is 41.6 Å². The molecule has 2 aliphatic rings. The fraction of sp³-hybridized carbons (Fsp3) is 0.400. The molecule has 2 heterocycles. The molecule has 0 bridgehead atoms. The number of benzene rings is 1. The number of rotatable bonds is 2. The first-order valence-corrected chi connectivity index (χ1v) is 11.0. The summed E-state index contributed by atoms with van der Waals surface area (Å²) in [5.74, 6) is -0.481. The maximum atomic E-state index is 13.2. The van der Waals surface area contributed by atoms with Gasteiger partial charge in [-0.1, -0.05) is 12.1 Å². The third-order valence-corrected chi connectivity index (χ3v) is 7.14. The van der Waals surface area contributed by atoms with Crippen LogP contribution in [0.25, 0.3) is 5.69 Å². The number of amides is 1. The van der Waals surface area contributed by atoms with Crippen molar-refractivity contribution in [1.29, 1.82) is 0 Å². The van der Waals surface area contributed by atoms with Crippen molar-refractivity contribution in [3.63, 3.8) is 0 Å². The van der Waals surface area contributed by atoms with Gasteiger partial charge in [0.05, 0.1) is 17.2 Å². The van der Waals surface area contributed by atoms with Crippen molar-refractivity contribution in [2.45, 2.75) is 26.2 Å². The Labute approximate surface area is 158 Å². The SMILES string of the molecule is Cc1ccn(-c2cccc3c2CCC3)c(=O)c1C(=O)N1CCS(=O)(=O)CC1. The van der Waals surface area contributed by atoms with Gasteiger partial charge in [-0.3, -0.25) is 14.2 Å². The molecule has 0 N–H and O–H groups in total. The van der Waals surface area contributed by atoms with E-state index in [0.29, 0.717) is 5.56 Å². The van der Waals surface area contributed by atoms with Gasteiger partial charge in [0, 0.05) is 19.3 Å². The summed E-state index contributed by atoms with van der Waals surface area (Å²) in [5, 5.41) is 0. The van der Waals surface area contributed by atoms with Crippen molar-refractivity contribution in [3.8, 4) is 5.69 Å². The number of carbonyl (C=O) groups excluding carboxylic acids is 1. The van der Waals surface area contributed by atoms with E-state index in [0.717, 1.165) is 24.9 Å². The summed E-state index contributed by atoms with van der Waals surface area (Å²) in [6, 6.07) is 7.74. The highest BCUT2D eigenvalue weighted by molar-refractivity contribution is 7.91. The van der Waals surface area contributed by atoms with E-state index >= 15 is 0 Å². The van der Waals surface area contributed by atoms with Gasteiger partial charge in [-0.2, -0.15) is 0 Å². The summed E-state index contributed by atoms with van der Waals surface area (Å²) in [7, 11) is -3.09. The molecule has 7 heteroatoms. The average Bonchev–Trinajstić information content (AvgIpc) is 3.11. The van der Waals surface area contributed by atoms with Crippen LogP contribution in [0.15, 0.2) is 35.3 Å². The second-order valence-corrected chi connectivity index (χ2v) is 9.56. The van der Waals surface area contributed by atoms with Gasteiger partial charge in [0.25, 0.3) is 11.5 Å². The fourth-order valence-electron chi connectivity index (χ4n) is 3.98. The number of aromatic nitrogens is 1. The molecule has 1 amide bonds. The molecule has 0 unspecified atom stereocenters. The van der Waals surface area contributed by atoms with Crippen molar-refractivity contribution in [3.05, 3.63) is 63.1 Å². The lowest BCUT2D eigenvalue weighted by molar-refractivity contribution is 0.0767. The van der Waals surface area contributed by atoms with E-state index in [9.17, 15) is 18.0 Å². The van der Waals surface area contributed by atoms with Crippen LogP contribution in [0.1, 0.15) is 33.5 Å². The Morgan fingerprint density at radius 3 is 2.56 bits per heavy atom. The van der Waals surface area contributed by atoms with Crippen LogP contribution < -0.4 is 5.56 Å². The predicted molar refractivity (Wildman–Crippen MR) is 103 cm³/mol. The molecule has 27 heavy (non-hydrogen) atoms. The summed E-state index contributed by atoms with van der Waals surface area (Å²) < 4.78 is 24.8. The Morgan fingerprint density at radius 1 is 1.07 bits per heavy atom. The van der Waals surface area contributed by atoms with E-state index in [4.69, 9.17) is 0 Å². The zero-order chi connectivity index (χ0) is 19.2. The highest BCUT2D eigenvalue weighted by atomic mass is 32.2. The van der Waals surface area contributed by atoms with E-state index < -0.39 is 9.84 Å². The van der Waals surface area contributed by atoms with Crippen LogP contribution >= 0.6 is 0 Å². The molecule has 142 valence electrons. The van der Waals surface area contributed by atoms with Gasteiger partial charge in [-0.25, -0.2) is 8.42 Å². The first kappa shape index (κ1) is 18.0. The van der Waals surface area contributed by atoms with Crippen LogP contribution in [0.3, 0.4) is 0 Å². The number of nitrogens with zero attached hydrogens (tertiary/aromatic N) is 2. The van der Waals surface area contributed by atoms with E-state index in [2.05, 4.69) is 6.07 Å². The number of hydrogen-bond donors (Lipinski definition) is 0. The Morgan fingerprint density at radius 2 is 1.81 bits per heavy atom. The molecular weight excluding hydrogens is 364 g/mol. The lowest BCUT2D eigenvalue weighted by atomic mass is 10.1. The second kappa shape index (κ2) is 6.64. The van der Waals surface area contributed by atoms with Gasteiger partial charge in [-0.15, -0.1) is 0 Å². The molecule has 1 aromatic carbocycles. The van der Waals surface area contributed by atoms with Crippen molar-refractivity contribution in [1.82, 2.24) is 9.47 Å². The second-order valence-electron chi connectivity index (χ2n) is 7.26. The monoisotopic (exact) mass is 386 g/mol. The van der Waals surface area contributed by atoms with Gasteiger partial charge in [0.15, 0.2) is 9.84 Å². The minimum absolute atomic E-state index is 0.0506. The van der Waals surface area contributed by atoms with E-state index in [1.54, 1.807) is 23.8 Å². The van der Waals surface area contributed by atoms with Gasteiger partial charge >= 0.3 is 0 Å². The Hall–Kier alpha value is -2.41. The predicted octanol–water partition coefficient (Wildman–Crippen LogP) is 1.51. The minimum atomic E-state index is -3.09. The molecule has 6 nitrogen and oxygen atoms in total. The smallest absolute Gasteiger partial charge is 0.268 e. The van der Waals surface area contributed by atoms with Gasteiger partial charge in [0.2, 0.25) is 0 Å². The first-order chi connectivity index (χ1) is 12.9. The van der Waals surface area contributed by atoms with Crippen molar-refractivity contribution in [2.75, 3.05) is 24.6 Å². The molecule has 1 aliphatic carbocycles. The maximum absolute atomic E-state index is 13.2. The van der Waals surface area contributed by atoms with Crippen LogP contribution in [-0.2, 0) is 22.7 Å².